The van der Waals surface area contributed by atoms with E-state index in [1.807, 2.05) is 30.3 Å². The molecule has 0 saturated carbocycles. The quantitative estimate of drug-likeness (QED) is 0.940. The molecule has 0 aliphatic carbocycles. The van der Waals surface area contributed by atoms with Gasteiger partial charge in [-0.05, 0) is 24.3 Å². The van der Waals surface area contributed by atoms with Gasteiger partial charge < -0.3 is 19.7 Å². The van der Waals surface area contributed by atoms with Crippen molar-refractivity contribution >= 4 is 17.3 Å². The Bertz CT molecular complexity index is 723. The molecule has 23 heavy (non-hydrogen) atoms. The number of para-hydroxylation sites is 1. The van der Waals surface area contributed by atoms with Crippen LogP contribution in [0.5, 0.6) is 11.5 Å². The van der Waals surface area contributed by atoms with E-state index in [2.05, 4.69) is 14.8 Å². The molecule has 0 bridgehead atoms. The van der Waals surface area contributed by atoms with Crippen molar-refractivity contribution in [3.05, 3.63) is 48.5 Å². The summed E-state index contributed by atoms with van der Waals surface area (Å²) in [6.07, 6.45) is -3.65. The van der Waals surface area contributed by atoms with E-state index in [1.54, 1.807) is 13.1 Å². The van der Waals surface area contributed by atoms with Crippen LogP contribution in [0.25, 0.3) is 0 Å². The molecule has 7 heteroatoms. The van der Waals surface area contributed by atoms with E-state index in [4.69, 9.17) is 0 Å². The minimum Gasteiger partial charge on any atom is -0.395 e. The number of nitrogens with one attached hydrogen (secondary N) is 1. The lowest BCUT2D eigenvalue weighted by atomic mass is 10.2. The zero-order chi connectivity index (χ0) is 16.4. The minimum atomic E-state index is -3.65. The third-order valence-corrected chi connectivity index (χ3v) is 3.36. The van der Waals surface area contributed by atoms with E-state index in [9.17, 15) is 13.6 Å². The zero-order valence-electron chi connectivity index (χ0n) is 12.3. The van der Waals surface area contributed by atoms with E-state index < -0.39 is 6.29 Å². The summed E-state index contributed by atoms with van der Waals surface area (Å²) in [5.41, 5.74) is 1.25. The number of carbonyl (C=O) groups excluding carboxylic acids is 1. The molecule has 0 spiro atoms. The molecule has 1 aliphatic heterocycles. The first-order chi connectivity index (χ1) is 10.9. The highest BCUT2D eigenvalue weighted by molar-refractivity contribution is 5.95. The second-order valence-electron chi connectivity index (χ2n) is 4.97. The maximum Gasteiger partial charge on any atom is 0.586 e. The summed E-state index contributed by atoms with van der Waals surface area (Å²) < 4.78 is 34.6. The molecule has 1 aliphatic rings. The number of benzene rings is 2. The van der Waals surface area contributed by atoms with Gasteiger partial charge in [-0.1, -0.05) is 18.2 Å². The molecule has 0 fully saturated rings. The van der Waals surface area contributed by atoms with Crippen LogP contribution in [0.2, 0.25) is 0 Å². The van der Waals surface area contributed by atoms with E-state index >= 15 is 0 Å². The number of amides is 1. The largest absolute Gasteiger partial charge is 0.586 e. The van der Waals surface area contributed by atoms with E-state index in [-0.39, 0.29) is 24.0 Å². The van der Waals surface area contributed by atoms with Crippen LogP contribution in [0.15, 0.2) is 48.5 Å². The first-order valence-electron chi connectivity index (χ1n) is 6.90. The molecule has 0 aromatic heterocycles. The van der Waals surface area contributed by atoms with Gasteiger partial charge in [0.1, 0.15) is 0 Å². The average molecular weight is 320 g/mol. The number of hydrogen-bond acceptors (Lipinski definition) is 4. The number of anilines is 2. The Morgan fingerprint density at radius 1 is 1.13 bits per heavy atom. The standard InChI is InChI=1S/C16H14F2N2O3/c1-20(12-5-3-2-4-6-12)15(21)10-19-11-7-8-13-14(9-11)23-16(17,18)22-13/h2-9,19H,10H2,1H3. The highest BCUT2D eigenvalue weighted by Crippen LogP contribution is 2.42. The number of ether oxygens (including phenoxy) is 2. The minimum absolute atomic E-state index is 0.0153. The molecule has 0 unspecified atom stereocenters. The van der Waals surface area contributed by atoms with Gasteiger partial charge in [-0.2, -0.15) is 0 Å². The van der Waals surface area contributed by atoms with Gasteiger partial charge in [0.05, 0.1) is 6.54 Å². The number of fused-ring (bicyclic) bond motifs is 1. The monoisotopic (exact) mass is 320 g/mol. The van der Waals surface area contributed by atoms with Gasteiger partial charge >= 0.3 is 6.29 Å². The van der Waals surface area contributed by atoms with Crippen LogP contribution in [0, 0.1) is 0 Å². The fraction of sp³-hybridized carbons (Fsp3) is 0.188. The molecule has 120 valence electrons. The molecule has 3 rings (SSSR count). The number of alkyl halides is 2. The fourth-order valence-electron chi connectivity index (χ4n) is 2.15. The molecule has 1 heterocycles. The van der Waals surface area contributed by atoms with Crippen LogP contribution in [-0.2, 0) is 4.79 Å². The van der Waals surface area contributed by atoms with Crippen molar-refractivity contribution in [2.45, 2.75) is 6.29 Å². The molecular weight excluding hydrogens is 306 g/mol. The summed E-state index contributed by atoms with van der Waals surface area (Å²) in [5.74, 6) is -0.267. The van der Waals surface area contributed by atoms with E-state index in [0.717, 1.165) is 5.69 Å². The first-order valence-corrected chi connectivity index (χ1v) is 6.90. The third kappa shape index (κ3) is 3.33. The van der Waals surface area contributed by atoms with Crippen LogP contribution in [0.1, 0.15) is 0 Å². The number of carbonyl (C=O) groups is 1. The van der Waals surface area contributed by atoms with Gasteiger partial charge in [0.25, 0.3) is 0 Å². The predicted molar refractivity (Wildman–Crippen MR) is 81.0 cm³/mol. The molecule has 0 atom stereocenters. The summed E-state index contributed by atoms with van der Waals surface area (Å²) in [6.45, 7) is 0.0153. The lowest BCUT2D eigenvalue weighted by Gasteiger charge is -2.18. The normalized spacial score (nSPS) is 14.4. The smallest absolute Gasteiger partial charge is 0.395 e. The summed E-state index contributed by atoms with van der Waals surface area (Å²) in [4.78, 5) is 13.6. The van der Waals surface area contributed by atoms with Gasteiger partial charge in [-0.25, -0.2) is 0 Å². The van der Waals surface area contributed by atoms with Crippen molar-refractivity contribution < 1.29 is 23.0 Å². The van der Waals surface area contributed by atoms with Crippen molar-refractivity contribution in [1.29, 1.82) is 0 Å². The number of rotatable bonds is 4. The first kappa shape index (κ1) is 15.1. The van der Waals surface area contributed by atoms with Crippen LogP contribution in [0.4, 0.5) is 20.2 Å². The van der Waals surface area contributed by atoms with Crippen molar-refractivity contribution in [2.24, 2.45) is 0 Å². The number of nitrogens with zero attached hydrogens (tertiary/aromatic N) is 1. The predicted octanol–water partition coefficient (Wildman–Crippen LogP) is 3.08. The third-order valence-electron chi connectivity index (χ3n) is 3.36. The highest BCUT2D eigenvalue weighted by Gasteiger charge is 2.43. The van der Waals surface area contributed by atoms with E-state index in [0.29, 0.717) is 5.69 Å². The second kappa shape index (κ2) is 5.75. The number of likely N-dealkylation sites (N-methyl/N-ethyl adjacent to an activating group) is 1. The van der Waals surface area contributed by atoms with Gasteiger partial charge in [-0.3, -0.25) is 4.79 Å². The van der Waals surface area contributed by atoms with Gasteiger partial charge in [0.15, 0.2) is 11.5 Å². The molecule has 1 amide bonds. The Kier molecular flexibility index (Phi) is 3.77. The summed E-state index contributed by atoms with van der Waals surface area (Å²) in [5, 5.41) is 2.88. The Hall–Kier alpha value is -2.83. The lowest BCUT2D eigenvalue weighted by molar-refractivity contribution is -0.286. The van der Waals surface area contributed by atoms with Crippen molar-refractivity contribution in [2.75, 3.05) is 23.8 Å². The molecule has 2 aromatic rings. The Balaban J connectivity index is 1.62. The zero-order valence-corrected chi connectivity index (χ0v) is 12.3. The maximum atomic E-state index is 13.0. The molecule has 0 radical (unpaired) electrons. The van der Waals surface area contributed by atoms with Gasteiger partial charge in [0.2, 0.25) is 5.91 Å². The van der Waals surface area contributed by atoms with Gasteiger partial charge in [0, 0.05) is 24.5 Å². The topological polar surface area (TPSA) is 50.8 Å². The SMILES string of the molecule is CN(C(=O)CNc1ccc2c(c1)OC(F)(F)O2)c1ccccc1. The van der Waals surface area contributed by atoms with Crippen LogP contribution in [0.3, 0.4) is 0 Å². The molecule has 1 N–H and O–H groups in total. The van der Waals surface area contributed by atoms with Crippen molar-refractivity contribution in [1.82, 2.24) is 0 Å². The van der Waals surface area contributed by atoms with Crippen molar-refractivity contribution in [3.8, 4) is 11.5 Å². The Labute approximate surface area is 131 Å². The Morgan fingerprint density at radius 2 is 1.83 bits per heavy atom. The highest BCUT2D eigenvalue weighted by atomic mass is 19.3. The molecule has 5 nitrogen and oxygen atoms in total. The maximum absolute atomic E-state index is 13.0. The molecule has 2 aromatic carbocycles. The van der Waals surface area contributed by atoms with E-state index in [1.165, 1.54) is 17.0 Å². The Morgan fingerprint density at radius 3 is 2.57 bits per heavy atom. The fourth-order valence-corrected chi connectivity index (χ4v) is 2.15. The summed E-state index contributed by atoms with van der Waals surface area (Å²) >= 11 is 0. The number of hydrogen-bond donors (Lipinski definition) is 1. The van der Waals surface area contributed by atoms with Gasteiger partial charge in [-0.15, -0.1) is 8.78 Å². The average Bonchev–Trinajstić information content (AvgIpc) is 2.85. The lowest BCUT2D eigenvalue weighted by Crippen LogP contribution is -2.32. The molecule has 0 saturated heterocycles. The summed E-state index contributed by atoms with van der Waals surface area (Å²) in [7, 11) is 1.67. The van der Waals surface area contributed by atoms with Crippen molar-refractivity contribution in [3.63, 3.8) is 0 Å². The molecular formula is C16H14F2N2O3. The van der Waals surface area contributed by atoms with Crippen LogP contribution in [-0.4, -0.2) is 25.8 Å². The van der Waals surface area contributed by atoms with Crippen LogP contribution >= 0.6 is 0 Å². The second-order valence-corrected chi connectivity index (χ2v) is 4.97. The van der Waals surface area contributed by atoms with Crippen LogP contribution < -0.4 is 19.7 Å². The number of halogens is 2. The summed E-state index contributed by atoms with van der Waals surface area (Å²) in [6, 6.07) is 13.5.